The Labute approximate surface area is 120 Å². The van der Waals surface area contributed by atoms with Crippen molar-refractivity contribution in [3.63, 3.8) is 0 Å². The molecule has 0 amide bonds. The van der Waals surface area contributed by atoms with Crippen LogP contribution in [0.1, 0.15) is 11.1 Å². The number of aromatic nitrogens is 1. The molecular weight excluding hydrogens is 380 g/mol. The second-order valence-corrected chi connectivity index (χ2v) is 4.92. The molecule has 15 heteroatoms. The molecule has 0 saturated carbocycles. The van der Waals surface area contributed by atoms with E-state index in [4.69, 9.17) is 13.0 Å². The molecule has 1 rings (SSSR count). The minimum atomic E-state index is -6.09. The van der Waals surface area contributed by atoms with Crippen molar-refractivity contribution in [2.75, 3.05) is 0 Å². The van der Waals surface area contributed by atoms with Crippen LogP contribution in [-0.2, 0) is 22.5 Å². The second kappa shape index (κ2) is 6.46. The molecule has 0 aliphatic rings. The van der Waals surface area contributed by atoms with Crippen LogP contribution in [-0.4, -0.2) is 18.5 Å². The number of hydrogen-bond donors (Lipinski definition) is 0. The number of rotatable bonds is 0. The van der Waals surface area contributed by atoms with Gasteiger partial charge in [-0.05, 0) is 6.07 Å². The Balaban J connectivity index is 0.000000515. The van der Waals surface area contributed by atoms with Crippen LogP contribution < -0.4 is 4.79 Å². The van der Waals surface area contributed by atoms with E-state index in [9.17, 15) is 44.0 Å². The zero-order valence-electron chi connectivity index (χ0n) is 10.1. The highest BCUT2D eigenvalue weighted by Crippen LogP contribution is 2.33. The summed E-state index contributed by atoms with van der Waals surface area (Å²) >= 11 is 0. The third-order valence-corrected chi connectivity index (χ3v) is 2.34. The van der Waals surface area contributed by atoms with Gasteiger partial charge < -0.3 is 4.55 Å². The number of halogens is 10. The molecule has 23 heavy (non-hydrogen) atoms. The molecule has 4 nitrogen and oxygen atoms in total. The van der Waals surface area contributed by atoms with Crippen molar-refractivity contribution >= 4 is 10.1 Å². The fourth-order valence-electron chi connectivity index (χ4n) is 0.855. The van der Waals surface area contributed by atoms with Crippen molar-refractivity contribution in [1.82, 2.24) is 0 Å². The van der Waals surface area contributed by atoms with E-state index in [1.165, 1.54) is 0 Å². The van der Waals surface area contributed by atoms with Crippen molar-refractivity contribution < 1.29 is 61.8 Å². The summed E-state index contributed by atoms with van der Waals surface area (Å²) in [7, 11) is -6.09. The van der Waals surface area contributed by atoms with Crippen LogP contribution in [0.5, 0.6) is 0 Å². The van der Waals surface area contributed by atoms with Crippen molar-refractivity contribution in [1.29, 1.82) is 0 Å². The first-order valence-corrected chi connectivity index (χ1v) is 6.15. The van der Waals surface area contributed by atoms with E-state index in [2.05, 4.69) is 0 Å². The monoisotopic (exact) mass is 383 g/mol. The number of pyridine rings is 1. The second-order valence-electron chi connectivity index (χ2n) is 3.55. The highest BCUT2D eigenvalue weighted by atomic mass is 32.2. The van der Waals surface area contributed by atoms with Gasteiger partial charge in [0, 0.05) is 4.79 Å². The Morgan fingerprint density at radius 3 is 1.26 bits per heavy atom. The fraction of sp³-hybridized carbons (Fsp3) is 0.375. The summed E-state index contributed by atoms with van der Waals surface area (Å²) in [5.41, 5.74) is -9.04. The lowest BCUT2D eigenvalue weighted by molar-refractivity contribution is -0.845. The van der Waals surface area contributed by atoms with E-state index in [1.807, 2.05) is 0 Å². The van der Waals surface area contributed by atoms with Crippen molar-refractivity contribution in [2.24, 2.45) is 0 Å². The lowest BCUT2D eigenvalue weighted by atomic mass is 10.2. The largest absolute Gasteiger partial charge is 0.741 e. The SMILES string of the molecule is F[n+]1cc(C(F)(F)F)cc(C(F)(F)F)c1.O=S(=O)([O-])C(F)(F)F. The van der Waals surface area contributed by atoms with Crippen LogP contribution in [0.3, 0.4) is 0 Å². The maximum atomic E-state index is 12.4. The molecule has 0 fully saturated rings. The first-order valence-electron chi connectivity index (χ1n) is 4.75. The average molecular weight is 383 g/mol. The Kier molecular flexibility index (Phi) is 6.00. The lowest BCUT2D eigenvalue weighted by Crippen LogP contribution is -2.27. The molecule has 1 aromatic rings. The summed E-state index contributed by atoms with van der Waals surface area (Å²) < 4.78 is 143. The molecule has 0 aliphatic heterocycles. The first kappa shape index (κ1) is 21.4. The molecule has 0 unspecified atom stereocenters. The molecule has 0 radical (unpaired) electrons. The van der Waals surface area contributed by atoms with E-state index in [0.29, 0.717) is 0 Å². The Morgan fingerprint density at radius 2 is 1.09 bits per heavy atom. The fourth-order valence-corrected chi connectivity index (χ4v) is 0.855. The van der Waals surface area contributed by atoms with Gasteiger partial charge in [0.1, 0.15) is 11.1 Å². The van der Waals surface area contributed by atoms with Gasteiger partial charge in [0.15, 0.2) is 10.1 Å². The van der Waals surface area contributed by atoms with Crippen LogP contribution >= 0.6 is 0 Å². The third-order valence-electron chi connectivity index (χ3n) is 1.77. The molecule has 0 bridgehead atoms. The van der Waals surface area contributed by atoms with E-state index >= 15 is 0 Å². The normalized spacial score (nSPS) is 13.3. The van der Waals surface area contributed by atoms with Gasteiger partial charge in [-0.3, -0.25) is 0 Å². The summed E-state index contributed by atoms with van der Waals surface area (Å²) in [5.74, 6) is 0. The van der Waals surface area contributed by atoms with Crippen LogP contribution in [0, 0.1) is 0 Å². The van der Waals surface area contributed by atoms with Crippen LogP contribution in [0.2, 0.25) is 0 Å². The molecule has 0 saturated heterocycles. The highest BCUT2D eigenvalue weighted by molar-refractivity contribution is 7.86. The lowest BCUT2D eigenvalue weighted by Gasteiger charge is -2.08. The molecule has 134 valence electrons. The van der Waals surface area contributed by atoms with Gasteiger partial charge in [0.05, 0.1) is 4.48 Å². The van der Waals surface area contributed by atoms with Crippen molar-refractivity contribution in [3.05, 3.63) is 29.6 Å². The maximum Gasteiger partial charge on any atom is 0.485 e. The first-order chi connectivity index (χ1) is 9.85. The minimum Gasteiger partial charge on any atom is -0.741 e. The summed E-state index contributed by atoms with van der Waals surface area (Å²) in [6, 6.07) is -0.157. The topological polar surface area (TPSA) is 61.1 Å². The van der Waals surface area contributed by atoms with Gasteiger partial charge in [-0.1, -0.05) is 0 Å². The maximum absolute atomic E-state index is 12.4. The predicted octanol–water partition coefficient (Wildman–Crippen LogP) is 2.80. The van der Waals surface area contributed by atoms with Crippen LogP contribution in [0.4, 0.5) is 44.0 Å². The van der Waals surface area contributed by atoms with Gasteiger partial charge in [-0.2, -0.15) is 39.5 Å². The van der Waals surface area contributed by atoms with E-state index in [-0.39, 0.29) is 18.5 Å². The van der Waals surface area contributed by atoms with Gasteiger partial charge in [-0.25, -0.2) is 8.42 Å². The summed E-state index contributed by atoms with van der Waals surface area (Å²) in [5, 5.41) is 0. The standard InChI is InChI=1S/C7H3F7N.CHF3O3S/c8-6(9,10)4-1-5(7(11,12)13)3-15(14)2-4;2-1(3,4)8(5,6)7/h1-3H;(H,5,6,7)/q+1;/p-1. The van der Waals surface area contributed by atoms with Crippen LogP contribution in [0.25, 0.3) is 0 Å². The molecule has 0 N–H and O–H groups in total. The Bertz CT molecular complexity index is 613. The third kappa shape index (κ3) is 6.98. The van der Waals surface area contributed by atoms with Gasteiger partial charge >= 0.3 is 17.9 Å². The van der Waals surface area contributed by atoms with E-state index in [1.54, 1.807) is 0 Å². The quantitative estimate of drug-likeness (QED) is 0.393. The predicted molar refractivity (Wildman–Crippen MR) is 48.9 cm³/mol. The molecule has 0 aromatic carbocycles. The van der Waals surface area contributed by atoms with E-state index in [0.717, 1.165) is 0 Å². The number of nitrogens with zero attached hydrogens (tertiary/aromatic N) is 1. The molecule has 0 spiro atoms. The zero-order valence-corrected chi connectivity index (χ0v) is 10.9. The molecule has 0 aliphatic carbocycles. The van der Waals surface area contributed by atoms with Crippen molar-refractivity contribution in [2.45, 2.75) is 17.9 Å². The Hall–Kier alpha value is -1.64. The smallest absolute Gasteiger partial charge is 0.485 e. The molecule has 1 aromatic heterocycles. The zero-order chi connectivity index (χ0) is 18.9. The highest BCUT2D eigenvalue weighted by Gasteiger charge is 2.40. The summed E-state index contributed by atoms with van der Waals surface area (Å²) in [6.07, 6.45) is -10.2. The minimum absolute atomic E-state index is 0.0742. The van der Waals surface area contributed by atoms with Gasteiger partial charge in [-0.15, -0.1) is 0 Å². The van der Waals surface area contributed by atoms with Gasteiger partial charge in [0.2, 0.25) is 12.4 Å². The average Bonchev–Trinajstić information content (AvgIpc) is 2.23. The molecular formula is C8H3F10NO3S. The Morgan fingerprint density at radius 1 is 0.826 bits per heavy atom. The van der Waals surface area contributed by atoms with Crippen LogP contribution in [0.15, 0.2) is 18.5 Å². The van der Waals surface area contributed by atoms with E-state index < -0.39 is 43.9 Å². The van der Waals surface area contributed by atoms with Crippen molar-refractivity contribution in [3.8, 4) is 0 Å². The molecule has 1 heterocycles. The summed E-state index contributed by atoms with van der Waals surface area (Å²) in [4.78, 5) is -0.772. The molecule has 0 atom stereocenters. The number of alkyl halides is 9. The van der Waals surface area contributed by atoms with Gasteiger partial charge in [0.25, 0.3) is 0 Å². The number of hydrogen-bond acceptors (Lipinski definition) is 3. The summed E-state index contributed by atoms with van der Waals surface area (Å²) in [6.45, 7) is 0.